The Morgan fingerprint density at radius 1 is 1.00 bits per heavy atom. The van der Waals surface area contributed by atoms with Crippen LogP contribution in [0, 0.1) is 10.1 Å². The van der Waals surface area contributed by atoms with Crippen molar-refractivity contribution in [2.75, 3.05) is 5.01 Å². The maximum Gasteiger partial charge on any atom is 0.269 e. The van der Waals surface area contributed by atoms with E-state index in [9.17, 15) is 10.1 Å². The second kappa shape index (κ2) is 8.08. The molecule has 152 valence electrons. The van der Waals surface area contributed by atoms with Crippen molar-refractivity contribution in [1.82, 2.24) is 9.97 Å². The molecule has 0 N–H and O–H groups in total. The van der Waals surface area contributed by atoms with Crippen molar-refractivity contribution in [2.24, 2.45) is 5.10 Å². The van der Waals surface area contributed by atoms with Crippen LogP contribution in [0.2, 0.25) is 0 Å². The van der Waals surface area contributed by atoms with Crippen LogP contribution in [0.4, 0.5) is 10.8 Å². The van der Waals surface area contributed by atoms with Crippen molar-refractivity contribution in [3.63, 3.8) is 0 Å². The molecule has 0 aliphatic carbocycles. The van der Waals surface area contributed by atoms with E-state index in [-0.39, 0.29) is 11.7 Å². The summed E-state index contributed by atoms with van der Waals surface area (Å²) >= 11 is 1.50. The van der Waals surface area contributed by atoms with Crippen molar-refractivity contribution in [1.29, 1.82) is 0 Å². The van der Waals surface area contributed by atoms with Gasteiger partial charge in [-0.05, 0) is 29.3 Å². The molecule has 0 radical (unpaired) electrons. The Bertz CT molecular complexity index is 1240. The third-order valence-corrected chi connectivity index (χ3v) is 5.98. The van der Waals surface area contributed by atoms with Gasteiger partial charge in [0.05, 0.1) is 22.4 Å². The lowest BCUT2D eigenvalue weighted by Crippen LogP contribution is -2.18. The number of aromatic nitrogens is 2. The highest BCUT2D eigenvalue weighted by Gasteiger charge is 2.31. The lowest BCUT2D eigenvalue weighted by atomic mass is 10.00. The standard InChI is InChI=1S/C23H17N5O2S/c29-28(30)19-10-8-17(9-11-19)21-15-31-23(25-21)27-22(18-7-4-12-24-14-18)13-20(26-27)16-5-2-1-3-6-16/h1-12,14-15,22H,13H2. The lowest BCUT2D eigenvalue weighted by Gasteiger charge is -2.20. The van der Waals surface area contributed by atoms with Crippen LogP contribution in [-0.2, 0) is 0 Å². The van der Waals surface area contributed by atoms with Crippen molar-refractivity contribution < 1.29 is 4.92 Å². The SMILES string of the molecule is O=[N+]([O-])c1ccc(-c2csc(N3N=C(c4ccccc4)CC3c3cccnc3)n2)cc1. The van der Waals surface area contributed by atoms with Gasteiger partial charge >= 0.3 is 0 Å². The molecule has 0 amide bonds. The number of hydrogen-bond donors (Lipinski definition) is 0. The normalized spacial score (nSPS) is 15.7. The van der Waals surface area contributed by atoms with E-state index in [1.54, 1.807) is 18.3 Å². The van der Waals surface area contributed by atoms with Gasteiger partial charge in [0, 0.05) is 41.9 Å². The quantitative estimate of drug-likeness (QED) is 0.311. The van der Waals surface area contributed by atoms with E-state index in [2.05, 4.69) is 23.2 Å². The summed E-state index contributed by atoms with van der Waals surface area (Å²) in [6, 6.07) is 20.5. The smallest absolute Gasteiger partial charge is 0.264 e. The number of non-ortho nitro benzene ring substituents is 1. The Labute approximate surface area is 182 Å². The molecule has 7 nitrogen and oxygen atoms in total. The van der Waals surface area contributed by atoms with Gasteiger partial charge in [0.1, 0.15) is 0 Å². The average Bonchev–Trinajstić information content (AvgIpc) is 3.48. The van der Waals surface area contributed by atoms with Crippen LogP contribution in [0.25, 0.3) is 11.3 Å². The van der Waals surface area contributed by atoms with Crippen molar-refractivity contribution in [2.45, 2.75) is 12.5 Å². The molecule has 1 aliphatic heterocycles. The molecular weight excluding hydrogens is 410 g/mol. The predicted molar refractivity (Wildman–Crippen MR) is 121 cm³/mol. The van der Waals surface area contributed by atoms with E-state index in [1.165, 1.54) is 23.5 Å². The van der Waals surface area contributed by atoms with Gasteiger partial charge in [0.15, 0.2) is 0 Å². The summed E-state index contributed by atoms with van der Waals surface area (Å²) in [5.74, 6) is 0. The predicted octanol–water partition coefficient (Wildman–Crippen LogP) is 5.47. The molecule has 0 saturated heterocycles. The Hall–Kier alpha value is -3.91. The molecule has 0 bridgehead atoms. The monoisotopic (exact) mass is 427 g/mol. The van der Waals surface area contributed by atoms with E-state index < -0.39 is 4.92 Å². The van der Waals surface area contributed by atoms with Gasteiger partial charge in [-0.1, -0.05) is 36.4 Å². The first kappa shape index (κ1) is 19.1. The fraction of sp³-hybridized carbons (Fsp3) is 0.0870. The van der Waals surface area contributed by atoms with E-state index in [1.807, 2.05) is 40.9 Å². The highest BCUT2D eigenvalue weighted by molar-refractivity contribution is 7.14. The first-order valence-electron chi connectivity index (χ1n) is 9.71. The molecule has 2 aromatic heterocycles. The van der Waals surface area contributed by atoms with E-state index >= 15 is 0 Å². The molecule has 0 saturated carbocycles. The van der Waals surface area contributed by atoms with Crippen molar-refractivity contribution in [3.8, 4) is 11.3 Å². The first-order valence-corrected chi connectivity index (χ1v) is 10.6. The Morgan fingerprint density at radius 2 is 1.81 bits per heavy atom. The summed E-state index contributed by atoms with van der Waals surface area (Å²) in [6.07, 6.45) is 4.38. The Morgan fingerprint density at radius 3 is 2.52 bits per heavy atom. The molecule has 1 atom stereocenters. The second-order valence-corrected chi connectivity index (χ2v) is 7.92. The fourth-order valence-electron chi connectivity index (χ4n) is 3.58. The van der Waals surface area contributed by atoms with Crippen LogP contribution in [0.15, 0.2) is 89.6 Å². The molecule has 31 heavy (non-hydrogen) atoms. The Balaban J connectivity index is 1.50. The number of hydrogen-bond acceptors (Lipinski definition) is 7. The maximum atomic E-state index is 10.9. The molecule has 2 aromatic carbocycles. The van der Waals surface area contributed by atoms with E-state index in [0.29, 0.717) is 0 Å². The van der Waals surface area contributed by atoms with Crippen LogP contribution in [0.5, 0.6) is 0 Å². The van der Waals surface area contributed by atoms with Gasteiger partial charge in [0.25, 0.3) is 5.69 Å². The summed E-state index contributed by atoms with van der Waals surface area (Å²) in [5, 5.41) is 20.5. The van der Waals surface area contributed by atoms with Crippen molar-refractivity contribution in [3.05, 3.63) is 106 Å². The zero-order valence-corrected chi connectivity index (χ0v) is 17.1. The first-order chi connectivity index (χ1) is 15.2. The lowest BCUT2D eigenvalue weighted by molar-refractivity contribution is -0.384. The number of nitro groups is 1. The number of rotatable bonds is 5. The highest BCUT2D eigenvalue weighted by atomic mass is 32.1. The van der Waals surface area contributed by atoms with Gasteiger partial charge in [-0.15, -0.1) is 11.3 Å². The highest BCUT2D eigenvalue weighted by Crippen LogP contribution is 2.39. The number of thiazole rings is 1. The van der Waals surface area contributed by atoms with Crippen LogP contribution < -0.4 is 5.01 Å². The Kier molecular flexibility index (Phi) is 4.97. The molecule has 0 spiro atoms. The molecule has 3 heterocycles. The molecule has 8 heteroatoms. The number of anilines is 1. The molecule has 5 rings (SSSR count). The van der Waals surface area contributed by atoms with Gasteiger partial charge in [-0.25, -0.2) is 9.99 Å². The van der Waals surface area contributed by atoms with Crippen LogP contribution >= 0.6 is 11.3 Å². The van der Waals surface area contributed by atoms with Gasteiger partial charge in [-0.2, -0.15) is 5.10 Å². The zero-order chi connectivity index (χ0) is 21.2. The number of nitrogens with zero attached hydrogens (tertiary/aromatic N) is 5. The van der Waals surface area contributed by atoms with Crippen molar-refractivity contribution >= 4 is 27.9 Å². The average molecular weight is 427 g/mol. The van der Waals surface area contributed by atoms with Gasteiger partial charge < -0.3 is 0 Å². The summed E-state index contributed by atoms with van der Waals surface area (Å²) < 4.78 is 0. The third-order valence-electron chi connectivity index (χ3n) is 5.15. The second-order valence-electron chi connectivity index (χ2n) is 7.08. The minimum atomic E-state index is -0.404. The summed E-state index contributed by atoms with van der Waals surface area (Å²) in [4.78, 5) is 19.6. The molecule has 4 aromatic rings. The summed E-state index contributed by atoms with van der Waals surface area (Å²) in [6.45, 7) is 0. The third kappa shape index (κ3) is 3.80. The number of hydrazone groups is 1. The largest absolute Gasteiger partial charge is 0.269 e. The van der Waals surface area contributed by atoms with Crippen LogP contribution in [0.1, 0.15) is 23.6 Å². The molecule has 0 fully saturated rings. The molecular formula is C23H17N5O2S. The van der Waals surface area contributed by atoms with Gasteiger partial charge in [0.2, 0.25) is 5.13 Å². The van der Waals surface area contributed by atoms with Gasteiger partial charge in [-0.3, -0.25) is 15.1 Å². The topological polar surface area (TPSA) is 84.5 Å². The van der Waals surface area contributed by atoms with Crippen LogP contribution in [-0.4, -0.2) is 20.6 Å². The number of benzene rings is 2. The summed E-state index contributed by atoms with van der Waals surface area (Å²) in [5.41, 5.74) is 4.82. The zero-order valence-electron chi connectivity index (χ0n) is 16.3. The minimum absolute atomic E-state index is 0.000216. The molecule has 1 unspecified atom stereocenters. The van der Waals surface area contributed by atoms with E-state index in [0.717, 1.165) is 39.6 Å². The minimum Gasteiger partial charge on any atom is -0.264 e. The van der Waals surface area contributed by atoms with E-state index in [4.69, 9.17) is 10.1 Å². The summed E-state index contributed by atoms with van der Waals surface area (Å²) in [7, 11) is 0. The fourth-order valence-corrected chi connectivity index (χ4v) is 4.41. The number of pyridine rings is 1. The number of nitro benzene ring substituents is 1. The maximum absolute atomic E-state index is 10.9. The molecule has 1 aliphatic rings. The van der Waals surface area contributed by atoms with Crippen LogP contribution in [0.3, 0.4) is 0 Å².